The van der Waals surface area contributed by atoms with Crippen LogP contribution in [-0.2, 0) is 26.0 Å². The topological polar surface area (TPSA) is 102 Å². The number of sulfonamides is 1. The second kappa shape index (κ2) is 9.86. The number of ether oxygens (including phenoxy) is 1. The average Bonchev–Trinajstić information content (AvgIpc) is 2.65. The normalized spacial score (nSPS) is 11.7. The van der Waals surface area contributed by atoms with Crippen molar-refractivity contribution < 1.29 is 22.7 Å². The first kappa shape index (κ1) is 23.6. The summed E-state index contributed by atoms with van der Waals surface area (Å²) in [5, 5.41) is 2.77. The molecule has 0 saturated carbocycles. The van der Waals surface area contributed by atoms with Gasteiger partial charge in [-0.15, -0.1) is 0 Å². The van der Waals surface area contributed by atoms with Gasteiger partial charge >= 0.3 is 5.97 Å². The second-order valence-electron chi connectivity index (χ2n) is 7.85. The Morgan fingerprint density at radius 1 is 0.967 bits per heavy atom. The van der Waals surface area contributed by atoms with Crippen LogP contribution in [0.3, 0.4) is 0 Å². The number of carbonyl (C=O) groups excluding carboxylic acids is 2. The van der Waals surface area contributed by atoms with Crippen LogP contribution in [0.5, 0.6) is 0 Å². The van der Waals surface area contributed by atoms with Crippen molar-refractivity contribution in [2.75, 3.05) is 11.9 Å². The maximum atomic E-state index is 12.3. The van der Waals surface area contributed by atoms with Gasteiger partial charge in [0.2, 0.25) is 15.9 Å². The van der Waals surface area contributed by atoms with Crippen LogP contribution in [0.1, 0.15) is 50.0 Å². The summed E-state index contributed by atoms with van der Waals surface area (Å²) in [5.41, 5.74) is 1.30. The first-order valence-corrected chi connectivity index (χ1v) is 11.2. The minimum absolute atomic E-state index is 0.176. The Balaban J connectivity index is 1.90. The predicted octanol–water partition coefficient (Wildman–Crippen LogP) is 3.51. The molecule has 0 heterocycles. The minimum Gasteiger partial charge on any atom is -0.462 e. The number of esters is 1. The van der Waals surface area contributed by atoms with Crippen LogP contribution >= 0.6 is 0 Å². The average molecular weight is 433 g/mol. The van der Waals surface area contributed by atoms with Crippen molar-refractivity contribution in [3.05, 3.63) is 59.7 Å². The Morgan fingerprint density at radius 2 is 1.57 bits per heavy atom. The summed E-state index contributed by atoms with van der Waals surface area (Å²) < 4.78 is 32.2. The quantitative estimate of drug-likeness (QED) is 0.622. The molecule has 0 aliphatic carbocycles. The van der Waals surface area contributed by atoms with Gasteiger partial charge in [-0.2, -0.15) is 0 Å². The van der Waals surface area contributed by atoms with Gasteiger partial charge in [0.25, 0.3) is 0 Å². The number of anilines is 1. The van der Waals surface area contributed by atoms with E-state index in [1.54, 1.807) is 64.1 Å². The lowest BCUT2D eigenvalue weighted by molar-refractivity contribution is -0.116. The summed E-state index contributed by atoms with van der Waals surface area (Å²) in [6, 6.07) is 13.0. The highest BCUT2D eigenvalue weighted by Crippen LogP contribution is 2.16. The number of hydrogen-bond donors (Lipinski definition) is 2. The molecule has 0 radical (unpaired) electrons. The van der Waals surface area contributed by atoms with Gasteiger partial charge in [0.05, 0.1) is 17.1 Å². The number of nitrogens with one attached hydrogen (secondary N) is 2. The van der Waals surface area contributed by atoms with E-state index >= 15 is 0 Å². The van der Waals surface area contributed by atoms with Crippen molar-refractivity contribution >= 4 is 27.6 Å². The molecule has 1 amide bonds. The molecule has 2 aromatic rings. The van der Waals surface area contributed by atoms with E-state index in [9.17, 15) is 18.0 Å². The van der Waals surface area contributed by atoms with Gasteiger partial charge in [-0.05, 0) is 76.1 Å². The van der Waals surface area contributed by atoms with Gasteiger partial charge in [0, 0.05) is 17.6 Å². The first-order chi connectivity index (χ1) is 14.0. The molecule has 2 aromatic carbocycles. The monoisotopic (exact) mass is 432 g/mol. The Hall–Kier alpha value is -2.71. The van der Waals surface area contributed by atoms with Crippen LogP contribution in [0.15, 0.2) is 53.4 Å². The molecule has 0 aliphatic rings. The third-order valence-corrected chi connectivity index (χ3v) is 5.77. The molecule has 0 aromatic heterocycles. The minimum atomic E-state index is -3.58. The highest BCUT2D eigenvalue weighted by Gasteiger charge is 2.21. The van der Waals surface area contributed by atoms with Crippen LogP contribution in [0, 0.1) is 0 Å². The summed E-state index contributed by atoms with van der Waals surface area (Å²) in [7, 11) is -3.58. The standard InChI is InChI=1S/C22H28N2O5S/c1-5-29-21(26)17-9-11-18(12-10-17)23-20(25)15-8-16-6-13-19(14-7-16)30(27,28)24-22(2,3)4/h6-7,9-14,24H,5,8,15H2,1-4H3,(H,23,25). The van der Waals surface area contributed by atoms with Gasteiger partial charge in [0.15, 0.2) is 0 Å². The zero-order valence-corrected chi connectivity index (χ0v) is 18.5. The molecule has 0 atom stereocenters. The Labute approximate surface area is 177 Å². The SMILES string of the molecule is CCOC(=O)c1ccc(NC(=O)CCc2ccc(S(=O)(=O)NC(C)(C)C)cc2)cc1. The van der Waals surface area contributed by atoms with Crippen LogP contribution in [-0.4, -0.2) is 32.4 Å². The van der Waals surface area contributed by atoms with Crippen molar-refractivity contribution in [3.8, 4) is 0 Å². The Morgan fingerprint density at radius 3 is 2.10 bits per heavy atom. The predicted molar refractivity (Wildman–Crippen MR) is 116 cm³/mol. The number of benzene rings is 2. The molecule has 162 valence electrons. The molecule has 0 unspecified atom stereocenters. The highest BCUT2D eigenvalue weighted by molar-refractivity contribution is 7.89. The van der Waals surface area contributed by atoms with Crippen LogP contribution in [0.25, 0.3) is 0 Å². The summed E-state index contributed by atoms with van der Waals surface area (Å²) in [6.07, 6.45) is 0.714. The van der Waals surface area contributed by atoms with E-state index in [0.29, 0.717) is 24.3 Å². The molecule has 0 spiro atoms. The highest BCUT2D eigenvalue weighted by atomic mass is 32.2. The molecule has 0 bridgehead atoms. The number of hydrogen-bond acceptors (Lipinski definition) is 5. The fraction of sp³-hybridized carbons (Fsp3) is 0.364. The van der Waals surface area contributed by atoms with E-state index in [1.807, 2.05) is 0 Å². The van der Waals surface area contributed by atoms with Crippen molar-refractivity contribution in [3.63, 3.8) is 0 Å². The lowest BCUT2D eigenvalue weighted by Gasteiger charge is -2.20. The van der Waals surface area contributed by atoms with Gasteiger partial charge < -0.3 is 10.1 Å². The van der Waals surface area contributed by atoms with E-state index in [2.05, 4.69) is 10.0 Å². The molecular weight excluding hydrogens is 404 g/mol. The van der Waals surface area contributed by atoms with Crippen molar-refractivity contribution in [1.82, 2.24) is 4.72 Å². The number of carbonyl (C=O) groups is 2. The maximum absolute atomic E-state index is 12.3. The Kier molecular flexibility index (Phi) is 7.75. The maximum Gasteiger partial charge on any atom is 0.338 e. The van der Waals surface area contributed by atoms with Gasteiger partial charge in [-0.25, -0.2) is 17.9 Å². The molecule has 30 heavy (non-hydrogen) atoms. The molecule has 2 rings (SSSR count). The fourth-order valence-corrected chi connectivity index (χ4v) is 4.10. The third kappa shape index (κ3) is 7.27. The molecule has 7 nitrogen and oxygen atoms in total. The smallest absolute Gasteiger partial charge is 0.338 e. The van der Waals surface area contributed by atoms with Gasteiger partial charge in [0.1, 0.15) is 0 Å². The summed E-state index contributed by atoms with van der Waals surface area (Å²) in [5.74, 6) is -0.580. The zero-order chi connectivity index (χ0) is 22.4. The van der Waals surface area contributed by atoms with E-state index in [1.165, 1.54) is 12.1 Å². The van der Waals surface area contributed by atoms with E-state index in [4.69, 9.17) is 4.74 Å². The lowest BCUT2D eigenvalue weighted by atomic mass is 10.1. The fourth-order valence-electron chi connectivity index (χ4n) is 2.68. The number of amides is 1. The largest absolute Gasteiger partial charge is 0.462 e. The lowest BCUT2D eigenvalue weighted by Crippen LogP contribution is -2.40. The summed E-state index contributed by atoms with van der Waals surface area (Å²) in [6.45, 7) is 7.38. The van der Waals surface area contributed by atoms with E-state index in [0.717, 1.165) is 5.56 Å². The third-order valence-electron chi connectivity index (χ3n) is 3.99. The molecule has 0 aliphatic heterocycles. The molecule has 0 fully saturated rings. The van der Waals surface area contributed by atoms with E-state index < -0.39 is 21.5 Å². The summed E-state index contributed by atoms with van der Waals surface area (Å²) >= 11 is 0. The molecule has 0 saturated heterocycles. The van der Waals surface area contributed by atoms with Crippen molar-refractivity contribution in [1.29, 1.82) is 0 Å². The van der Waals surface area contributed by atoms with Crippen LogP contribution < -0.4 is 10.0 Å². The molecule has 8 heteroatoms. The number of rotatable bonds is 8. The van der Waals surface area contributed by atoms with E-state index in [-0.39, 0.29) is 17.2 Å². The molecular formula is C22H28N2O5S. The molecule has 2 N–H and O–H groups in total. The second-order valence-corrected chi connectivity index (χ2v) is 9.53. The number of aryl methyl sites for hydroxylation is 1. The Bertz CT molecular complexity index is 976. The van der Waals surface area contributed by atoms with Gasteiger partial charge in [-0.1, -0.05) is 12.1 Å². The van der Waals surface area contributed by atoms with Crippen LogP contribution in [0.4, 0.5) is 5.69 Å². The van der Waals surface area contributed by atoms with Crippen molar-refractivity contribution in [2.45, 2.75) is 51.0 Å². The first-order valence-electron chi connectivity index (χ1n) is 9.70. The zero-order valence-electron chi connectivity index (χ0n) is 17.7. The van der Waals surface area contributed by atoms with Crippen molar-refractivity contribution in [2.24, 2.45) is 0 Å². The summed E-state index contributed by atoms with van der Waals surface area (Å²) in [4.78, 5) is 24.0. The van der Waals surface area contributed by atoms with Gasteiger partial charge in [-0.3, -0.25) is 4.79 Å². The van der Waals surface area contributed by atoms with Crippen LogP contribution in [0.2, 0.25) is 0 Å².